The van der Waals surface area contributed by atoms with E-state index in [-0.39, 0.29) is 0 Å². The summed E-state index contributed by atoms with van der Waals surface area (Å²) in [6, 6.07) is 4.61. The minimum absolute atomic E-state index is 0.297. The molecule has 0 aromatic carbocycles. The molecule has 0 fully saturated rings. The highest BCUT2D eigenvalue weighted by Gasteiger charge is 2.06. The number of rotatable bonds is 5. The van der Waals surface area contributed by atoms with E-state index in [0.29, 0.717) is 11.9 Å². The van der Waals surface area contributed by atoms with E-state index in [1.54, 1.807) is 12.4 Å². The highest BCUT2D eigenvalue weighted by atomic mass is 32.1. The molecule has 0 saturated heterocycles. The van der Waals surface area contributed by atoms with Gasteiger partial charge in [-0.15, -0.1) is 11.3 Å². The van der Waals surface area contributed by atoms with E-state index in [4.69, 9.17) is 5.84 Å². The van der Waals surface area contributed by atoms with Crippen molar-refractivity contribution in [1.29, 1.82) is 0 Å². The SMILES string of the molecule is Cc1ccc(CC(C)Nc2cncc(NN)n2)s1. The lowest BCUT2D eigenvalue weighted by atomic mass is 10.2. The fourth-order valence-corrected chi connectivity index (χ4v) is 2.72. The van der Waals surface area contributed by atoms with Gasteiger partial charge >= 0.3 is 0 Å². The molecule has 0 aliphatic carbocycles. The Morgan fingerprint density at radius 3 is 2.78 bits per heavy atom. The van der Waals surface area contributed by atoms with E-state index in [2.05, 4.69) is 46.7 Å². The van der Waals surface area contributed by atoms with E-state index in [1.165, 1.54) is 9.75 Å². The molecular formula is C12H17N5S. The highest BCUT2D eigenvalue weighted by molar-refractivity contribution is 7.11. The van der Waals surface area contributed by atoms with Crippen LogP contribution in [0.25, 0.3) is 0 Å². The maximum Gasteiger partial charge on any atom is 0.160 e. The molecule has 0 aliphatic rings. The third-order valence-corrected chi connectivity index (χ3v) is 3.50. The highest BCUT2D eigenvalue weighted by Crippen LogP contribution is 2.18. The van der Waals surface area contributed by atoms with Crippen LogP contribution in [-0.4, -0.2) is 16.0 Å². The normalized spacial score (nSPS) is 12.2. The van der Waals surface area contributed by atoms with Gasteiger partial charge in [0.1, 0.15) is 5.82 Å². The van der Waals surface area contributed by atoms with Crippen LogP contribution in [0.5, 0.6) is 0 Å². The van der Waals surface area contributed by atoms with Crippen LogP contribution in [0.15, 0.2) is 24.5 Å². The van der Waals surface area contributed by atoms with Crippen LogP contribution in [0.1, 0.15) is 16.7 Å². The molecule has 2 heterocycles. The molecule has 2 aromatic rings. The van der Waals surface area contributed by atoms with Crippen molar-refractivity contribution in [1.82, 2.24) is 9.97 Å². The Hall–Kier alpha value is -1.66. The van der Waals surface area contributed by atoms with Crippen LogP contribution in [0.2, 0.25) is 0 Å². The number of nitrogen functional groups attached to an aromatic ring is 1. The Balaban J connectivity index is 1.96. The first-order valence-corrected chi connectivity index (χ1v) is 6.59. The molecule has 5 nitrogen and oxygen atoms in total. The van der Waals surface area contributed by atoms with Gasteiger partial charge in [0.05, 0.1) is 12.4 Å². The van der Waals surface area contributed by atoms with Gasteiger partial charge in [0.2, 0.25) is 0 Å². The predicted molar refractivity (Wildman–Crippen MR) is 75.7 cm³/mol. The van der Waals surface area contributed by atoms with E-state index < -0.39 is 0 Å². The van der Waals surface area contributed by atoms with E-state index in [9.17, 15) is 0 Å². The van der Waals surface area contributed by atoms with Gasteiger partial charge in [0.15, 0.2) is 5.82 Å². The predicted octanol–water partition coefficient (Wildman–Crippen LogP) is 2.18. The average Bonchev–Trinajstić information content (AvgIpc) is 2.74. The standard InChI is InChI=1S/C12H17N5S/c1-8(5-10-4-3-9(2)18-10)15-11-6-14-7-12(16-11)17-13/h3-4,6-8H,5,13H2,1-2H3,(H2,15,16,17). The van der Waals surface area contributed by atoms with Crippen molar-refractivity contribution in [3.05, 3.63) is 34.3 Å². The van der Waals surface area contributed by atoms with Crippen LogP contribution in [0, 0.1) is 6.92 Å². The van der Waals surface area contributed by atoms with Crippen molar-refractivity contribution in [3.63, 3.8) is 0 Å². The molecule has 0 bridgehead atoms. The number of nitrogens with zero attached hydrogens (tertiary/aromatic N) is 2. The molecule has 18 heavy (non-hydrogen) atoms. The topological polar surface area (TPSA) is 75.9 Å². The summed E-state index contributed by atoms with van der Waals surface area (Å²) in [5, 5.41) is 3.31. The smallest absolute Gasteiger partial charge is 0.160 e. The number of hydrogen-bond acceptors (Lipinski definition) is 6. The Morgan fingerprint density at radius 2 is 2.11 bits per heavy atom. The minimum Gasteiger partial charge on any atom is -0.366 e. The first kappa shape index (κ1) is 12.8. The van der Waals surface area contributed by atoms with Crippen molar-refractivity contribution in [2.45, 2.75) is 26.3 Å². The zero-order valence-corrected chi connectivity index (χ0v) is 11.3. The number of anilines is 2. The zero-order chi connectivity index (χ0) is 13.0. The van der Waals surface area contributed by atoms with Gasteiger partial charge in [-0.2, -0.15) is 0 Å². The number of nitrogens with two attached hydrogens (primary N) is 1. The van der Waals surface area contributed by atoms with Crippen LogP contribution in [0.4, 0.5) is 11.6 Å². The number of nitrogens with one attached hydrogen (secondary N) is 2. The summed E-state index contributed by atoms with van der Waals surface area (Å²) in [7, 11) is 0. The first-order valence-electron chi connectivity index (χ1n) is 5.78. The molecule has 0 radical (unpaired) electrons. The number of hydrogen-bond donors (Lipinski definition) is 3. The molecule has 2 rings (SSSR count). The van der Waals surface area contributed by atoms with Crippen LogP contribution in [0.3, 0.4) is 0 Å². The third-order valence-electron chi connectivity index (χ3n) is 2.48. The molecule has 96 valence electrons. The maximum atomic E-state index is 5.30. The second kappa shape index (κ2) is 5.79. The molecular weight excluding hydrogens is 246 g/mol. The first-order chi connectivity index (χ1) is 8.67. The lowest BCUT2D eigenvalue weighted by molar-refractivity contribution is 0.793. The lowest BCUT2D eigenvalue weighted by Crippen LogP contribution is -2.19. The summed E-state index contributed by atoms with van der Waals surface area (Å²) in [6.07, 6.45) is 4.25. The van der Waals surface area contributed by atoms with Crippen molar-refractivity contribution < 1.29 is 0 Å². The van der Waals surface area contributed by atoms with Gasteiger partial charge in [-0.05, 0) is 26.0 Å². The van der Waals surface area contributed by atoms with Crippen LogP contribution < -0.4 is 16.6 Å². The van der Waals surface area contributed by atoms with Gasteiger partial charge in [0, 0.05) is 22.2 Å². The number of aromatic nitrogens is 2. The number of hydrazine groups is 1. The third kappa shape index (κ3) is 3.41. The Morgan fingerprint density at radius 1 is 1.33 bits per heavy atom. The fourth-order valence-electron chi connectivity index (χ4n) is 1.71. The van der Waals surface area contributed by atoms with Crippen LogP contribution >= 0.6 is 11.3 Å². The summed E-state index contributed by atoms with van der Waals surface area (Å²) in [5.74, 6) is 6.58. The molecule has 1 unspecified atom stereocenters. The van der Waals surface area contributed by atoms with Crippen molar-refractivity contribution in [2.24, 2.45) is 5.84 Å². The van der Waals surface area contributed by atoms with Gasteiger partial charge in [0.25, 0.3) is 0 Å². The van der Waals surface area contributed by atoms with E-state index in [1.807, 2.05) is 11.3 Å². The second-order valence-corrected chi connectivity index (χ2v) is 5.57. The Labute approximate surface area is 110 Å². The monoisotopic (exact) mass is 263 g/mol. The average molecular weight is 263 g/mol. The van der Waals surface area contributed by atoms with E-state index in [0.717, 1.165) is 12.2 Å². The summed E-state index contributed by atoms with van der Waals surface area (Å²) in [4.78, 5) is 11.0. The summed E-state index contributed by atoms with van der Waals surface area (Å²) in [5.41, 5.74) is 2.48. The summed E-state index contributed by atoms with van der Waals surface area (Å²) < 4.78 is 0. The van der Waals surface area contributed by atoms with Gasteiger partial charge in [-0.1, -0.05) is 0 Å². The summed E-state index contributed by atoms with van der Waals surface area (Å²) >= 11 is 1.83. The molecule has 1 atom stereocenters. The largest absolute Gasteiger partial charge is 0.366 e. The maximum absolute atomic E-state index is 5.30. The van der Waals surface area contributed by atoms with Crippen LogP contribution in [-0.2, 0) is 6.42 Å². The molecule has 2 aromatic heterocycles. The summed E-state index contributed by atoms with van der Waals surface area (Å²) in [6.45, 7) is 4.24. The minimum atomic E-state index is 0.297. The molecule has 0 spiro atoms. The van der Waals surface area contributed by atoms with Crippen molar-refractivity contribution in [2.75, 3.05) is 10.7 Å². The Bertz CT molecular complexity index is 511. The van der Waals surface area contributed by atoms with Crippen molar-refractivity contribution in [3.8, 4) is 0 Å². The van der Waals surface area contributed by atoms with Gasteiger partial charge in [-0.3, -0.25) is 4.98 Å². The lowest BCUT2D eigenvalue weighted by Gasteiger charge is -2.13. The van der Waals surface area contributed by atoms with E-state index >= 15 is 0 Å². The Kier molecular flexibility index (Phi) is 4.11. The molecule has 0 saturated carbocycles. The molecule has 4 N–H and O–H groups in total. The number of aryl methyl sites for hydroxylation is 1. The quantitative estimate of drug-likeness (QED) is 0.569. The fraction of sp³-hybridized carbons (Fsp3) is 0.333. The van der Waals surface area contributed by atoms with Gasteiger partial charge < -0.3 is 10.7 Å². The van der Waals surface area contributed by atoms with Gasteiger partial charge in [-0.25, -0.2) is 10.8 Å². The molecule has 0 amide bonds. The molecule has 6 heteroatoms. The second-order valence-electron chi connectivity index (χ2n) is 4.20. The number of thiophene rings is 1. The molecule has 0 aliphatic heterocycles. The van der Waals surface area contributed by atoms with Crippen molar-refractivity contribution >= 4 is 23.0 Å². The zero-order valence-electron chi connectivity index (χ0n) is 10.5.